The summed E-state index contributed by atoms with van der Waals surface area (Å²) < 4.78 is 10.1. The van der Waals surface area contributed by atoms with Crippen LogP contribution in [0.15, 0.2) is 48.5 Å². The van der Waals surface area contributed by atoms with Crippen molar-refractivity contribution in [3.05, 3.63) is 59.7 Å². The highest BCUT2D eigenvalue weighted by Gasteiger charge is 2.16. The first kappa shape index (κ1) is 21.9. The smallest absolute Gasteiger partial charge is 0.338 e. The van der Waals surface area contributed by atoms with Crippen molar-refractivity contribution in [1.29, 1.82) is 0 Å². The number of carbonyl (C=O) groups is 3. The van der Waals surface area contributed by atoms with E-state index in [1.807, 2.05) is 24.3 Å². The van der Waals surface area contributed by atoms with Gasteiger partial charge in [-0.15, -0.1) is 0 Å². The maximum Gasteiger partial charge on any atom is 0.338 e. The molecule has 29 heavy (non-hydrogen) atoms. The number of hydrogen-bond donors (Lipinski definition) is 1. The SMILES string of the molecule is CCOC(=O)c1ccc(N(CC(=O)NCCc2cccc(OC)c2)C(C)=O)cc1. The van der Waals surface area contributed by atoms with Crippen LogP contribution in [0.2, 0.25) is 0 Å². The predicted molar refractivity (Wildman–Crippen MR) is 110 cm³/mol. The van der Waals surface area contributed by atoms with Crippen molar-refractivity contribution < 1.29 is 23.9 Å². The summed E-state index contributed by atoms with van der Waals surface area (Å²) >= 11 is 0. The van der Waals surface area contributed by atoms with E-state index in [0.29, 0.717) is 24.2 Å². The minimum absolute atomic E-state index is 0.105. The number of amides is 2. The molecule has 0 saturated heterocycles. The van der Waals surface area contributed by atoms with Gasteiger partial charge < -0.3 is 19.7 Å². The van der Waals surface area contributed by atoms with E-state index in [0.717, 1.165) is 11.3 Å². The van der Waals surface area contributed by atoms with Crippen molar-refractivity contribution >= 4 is 23.5 Å². The summed E-state index contributed by atoms with van der Waals surface area (Å²) in [7, 11) is 1.61. The van der Waals surface area contributed by atoms with Gasteiger partial charge in [0.05, 0.1) is 19.3 Å². The molecule has 0 unspecified atom stereocenters. The molecule has 154 valence electrons. The van der Waals surface area contributed by atoms with E-state index >= 15 is 0 Å². The molecule has 0 fully saturated rings. The topological polar surface area (TPSA) is 84.9 Å². The Labute approximate surface area is 170 Å². The Kier molecular flexibility index (Phi) is 8.21. The molecule has 2 rings (SSSR count). The third-order valence-electron chi connectivity index (χ3n) is 4.24. The van der Waals surface area contributed by atoms with Crippen molar-refractivity contribution in [1.82, 2.24) is 5.32 Å². The largest absolute Gasteiger partial charge is 0.497 e. The van der Waals surface area contributed by atoms with Gasteiger partial charge in [-0.25, -0.2) is 4.79 Å². The van der Waals surface area contributed by atoms with E-state index in [1.165, 1.54) is 11.8 Å². The second kappa shape index (κ2) is 10.8. The molecular weight excluding hydrogens is 372 g/mol. The highest BCUT2D eigenvalue weighted by Crippen LogP contribution is 2.16. The van der Waals surface area contributed by atoms with Gasteiger partial charge in [-0.05, 0) is 55.3 Å². The van der Waals surface area contributed by atoms with Crippen LogP contribution in [0.25, 0.3) is 0 Å². The molecule has 0 aliphatic carbocycles. The Hall–Kier alpha value is -3.35. The van der Waals surface area contributed by atoms with Gasteiger partial charge in [0.15, 0.2) is 0 Å². The van der Waals surface area contributed by atoms with Crippen LogP contribution in [0, 0.1) is 0 Å². The first-order chi connectivity index (χ1) is 13.9. The van der Waals surface area contributed by atoms with E-state index in [1.54, 1.807) is 38.3 Å². The molecule has 2 aromatic rings. The Morgan fingerprint density at radius 3 is 2.41 bits per heavy atom. The van der Waals surface area contributed by atoms with Crippen molar-refractivity contribution in [2.24, 2.45) is 0 Å². The second-order valence-corrected chi connectivity index (χ2v) is 6.32. The molecule has 7 nitrogen and oxygen atoms in total. The lowest BCUT2D eigenvalue weighted by molar-refractivity contribution is -0.123. The monoisotopic (exact) mass is 398 g/mol. The molecule has 0 heterocycles. The third kappa shape index (κ3) is 6.64. The van der Waals surface area contributed by atoms with E-state index < -0.39 is 5.97 Å². The summed E-state index contributed by atoms with van der Waals surface area (Å²) in [6.45, 7) is 3.75. The summed E-state index contributed by atoms with van der Waals surface area (Å²) in [6.07, 6.45) is 0.650. The number of carbonyl (C=O) groups excluding carboxylic acids is 3. The number of esters is 1. The molecule has 0 atom stereocenters. The van der Waals surface area contributed by atoms with Crippen LogP contribution < -0.4 is 15.0 Å². The number of anilines is 1. The molecular formula is C22H26N2O5. The molecule has 2 amide bonds. The average molecular weight is 398 g/mol. The molecule has 0 radical (unpaired) electrons. The van der Waals surface area contributed by atoms with Gasteiger partial charge in [-0.2, -0.15) is 0 Å². The van der Waals surface area contributed by atoms with Crippen LogP contribution in [0.1, 0.15) is 29.8 Å². The minimum atomic E-state index is -0.427. The second-order valence-electron chi connectivity index (χ2n) is 6.32. The Balaban J connectivity index is 1.93. The standard InChI is InChI=1S/C22H26N2O5/c1-4-29-22(27)18-8-10-19(11-9-18)24(16(2)25)15-21(26)23-13-12-17-6-5-7-20(14-17)28-3/h5-11,14H,4,12-13,15H2,1-3H3,(H,23,26). The fourth-order valence-electron chi connectivity index (χ4n) is 2.75. The number of methoxy groups -OCH3 is 1. The normalized spacial score (nSPS) is 10.2. The molecule has 0 aliphatic heterocycles. The van der Waals surface area contributed by atoms with Gasteiger partial charge in [-0.1, -0.05) is 12.1 Å². The first-order valence-electron chi connectivity index (χ1n) is 9.39. The lowest BCUT2D eigenvalue weighted by Gasteiger charge is -2.21. The van der Waals surface area contributed by atoms with E-state index in [4.69, 9.17) is 9.47 Å². The summed E-state index contributed by atoms with van der Waals surface area (Å²) in [4.78, 5) is 37.4. The number of ether oxygens (including phenoxy) is 2. The highest BCUT2D eigenvalue weighted by molar-refractivity contribution is 5.98. The van der Waals surface area contributed by atoms with Gasteiger partial charge in [0.1, 0.15) is 12.3 Å². The van der Waals surface area contributed by atoms with Crippen LogP contribution >= 0.6 is 0 Å². The maximum atomic E-state index is 12.3. The summed E-state index contributed by atoms with van der Waals surface area (Å²) in [5, 5.41) is 2.82. The number of hydrogen-bond acceptors (Lipinski definition) is 5. The summed E-state index contributed by atoms with van der Waals surface area (Å²) in [6, 6.07) is 14.0. The van der Waals surface area contributed by atoms with Crippen LogP contribution in [-0.4, -0.2) is 44.6 Å². The number of rotatable bonds is 9. The van der Waals surface area contributed by atoms with E-state index in [9.17, 15) is 14.4 Å². The van der Waals surface area contributed by atoms with Gasteiger partial charge in [0.2, 0.25) is 11.8 Å². The first-order valence-corrected chi connectivity index (χ1v) is 9.39. The molecule has 2 aromatic carbocycles. The third-order valence-corrected chi connectivity index (χ3v) is 4.24. The summed E-state index contributed by atoms with van der Waals surface area (Å²) in [5.74, 6) is -0.194. The van der Waals surface area contributed by atoms with Gasteiger partial charge >= 0.3 is 5.97 Å². The van der Waals surface area contributed by atoms with Gasteiger partial charge in [0.25, 0.3) is 0 Å². The van der Waals surface area contributed by atoms with Crippen LogP contribution in [0.3, 0.4) is 0 Å². The number of nitrogens with one attached hydrogen (secondary N) is 1. The number of benzene rings is 2. The molecule has 0 aliphatic rings. The van der Waals surface area contributed by atoms with E-state index in [-0.39, 0.29) is 25.0 Å². The zero-order valence-electron chi connectivity index (χ0n) is 16.9. The molecule has 7 heteroatoms. The van der Waals surface area contributed by atoms with Crippen molar-refractivity contribution in [2.75, 3.05) is 31.7 Å². The molecule has 0 saturated carbocycles. The fourth-order valence-corrected chi connectivity index (χ4v) is 2.75. The van der Waals surface area contributed by atoms with Crippen LogP contribution in [0.5, 0.6) is 5.75 Å². The number of nitrogens with zero attached hydrogens (tertiary/aromatic N) is 1. The van der Waals surface area contributed by atoms with Gasteiger partial charge in [-0.3, -0.25) is 9.59 Å². The van der Waals surface area contributed by atoms with Crippen molar-refractivity contribution in [3.63, 3.8) is 0 Å². The van der Waals surface area contributed by atoms with E-state index in [2.05, 4.69) is 5.32 Å². The average Bonchev–Trinajstić information content (AvgIpc) is 2.72. The molecule has 0 spiro atoms. The summed E-state index contributed by atoms with van der Waals surface area (Å²) in [5.41, 5.74) is 1.97. The van der Waals surface area contributed by atoms with Gasteiger partial charge in [0, 0.05) is 19.2 Å². The minimum Gasteiger partial charge on any atom is -0.497 e. The lowest BCUT2D eigenvalue weighted by Crippen LogP contribution is -2.40. The molecule has 0 aromatic heterocycles. The fraction of sp³-hybridized carbons (Fsp3) is 0.318. The van der Waals surface area contributed by atoms with Crippen LogP contribution in [-0.2, 0) is 20.7 Å². The zero-order valence-corrected chi connectivity index (χ0v) is 16.9. The Morgan fingerprint density at radius 1 is 1.07 bits per heavy atom. The molecule has 0 bridgehead atoms. The van der Waals surface area contributed by atoms with Crippen molar-refractivity contribution in [2.45, 2.75) is 20.3 Å². The zero-order chi connectivity index (χ0) is 21.2. The highest BCUT2D eigenvalue weighted by atomic mass is 16.5. The maximum absolute atomic E-state index is 12.3. The lowest BCUT2D eigenvalue weighted by atomic mass is 10.1. The predicted octanol–water partition coefficient (Wildman–Crippen LogP) is 2.58. The Morgan fingerprint density at radius 2 is 1.79 bits per heavy atom. The quantitative estimate of drug-likeness (QED) is 0.657. The van der Waals surface area contributed by atoms with Crippen molar-refractivity contribution in [3.8, 4) is 5.75 Å². The molecule has 1 N–H and O–H groups in total. The van der Waals surface area contributed by atoms with Crippen LogP contribution in [0.4, 0.5) is 5.69 Å². The Bertz CT molecular complexity index is 849.